The number of benzene rings is 1. The molecular weight excluding hydrogens is 218 g/mol. The first-order chi connectivity index (χ1) is 7.55. The molecule has 0 spiro atoms. The summed E-state index contributed by atoms with van der Waals surface area (Å²) < 4.78 is 34.1. The molecule has 0 atom stereocenters. The predicted octanol–water partition coefficient (Wildman–Crippen LogP) is 2.15. The van der Waals surface area contributed by atoms with E-state index in [1.165, 1.54) is 12.1 Å². The van der Waals surface area contributed by atoms with Gasteiger partial charge in [-0.05, 0) is 30.5 Å². The standard InChI is InChI=1S/C11H7F2O3/c12-11(13)15-8-2-1-7(5-9(8)16-11)10(6-14)3-4-10/h1-2,5H,3-4H2. The van der Waals surface area contributed by atoms with E-state index in [-0.39, 0.29) is 11.5 Å². The van der Waals surface area contributed by atoms with E-state index in [2.05, 4.69) is 9.47 Å². The number of ether oxygens (including phenoxy) is 2. The second-order valence-electron chi connectivity index (χ2n) is 4.01. The topological polar surface area (TPSA) is 35.5 Å². The van der Waals surface area contributed by atoms with Gasteiger partial charge in [0.2, 0.25) is 6.29 Å². The molecule has 83 valence electrons. The van der Waals surface area contributed by atoms with Crippen molar-refractivity contribution in [1.29, 1.82) is 0 Å². The Labute approximate surface area is 90.0 Å². The number of rotatable bonds is 2. The van der Waals surface area contributed by atoms with Crippen LogP contribution in [0.1, 0.15) is 18.4 Å². The van der Waals surface area contributed by atoms with Crippen LogP contribution in [0, 0.1) is 0 Å². The van der Waals surface area contributed by atoms with Gasteiger partial charge in [0.15, 0.2) is 11.5 Å². The fraction of sp³-hybridized carbons (Fsp3) is 0.364. The van der Waals surface area contributed by atoms with Gasteiger partial charge >= 0.3 is 6.29 Å². The molecule has 0 bridgehead atoms. The summed E-state index contributed by atoms with van der Waals surface area (Å²) in [6, 6.07) is 4.42. The van der Waals surface area contributed by atoms with Crippen LogP contribution in [0.5, 0.6) is 11.5 Å². The largest absolute Gasteiger partial charge is 0.586 e. The molecule has 5 heteroatoms. The maximum atomic E-state index is 12.7. The molecule has 3 rings (SSSR count). The van der Waals surface area contributed by atoms with Crippen LogP contribution in [0.3, 0.4) is 0 Å². The number of alkyl halides is 2. The molecule has 1 heterocycles. The molecule has 1 aromatic carbocycles. The number of halogens is 2. The van der Waals surface area contributed by atoms with Crippen molar-refractivity contribution < 1.29 is 23.0 Å². The van der Waals surface area contributed by atoms with E-state index >= 15 is 0 Å². The Hall–Kier alpha value is -1.65. The molecule has 16 heavy (non-hydrogen) atoms. The molecular formula is C11H7F2O3. The van der Waals surface area contributed by atoms with E-state index in [0.717, 1.165) is 0 Å². The van der Waals surface area contributed by atoms with Crippen LogP contribution < -0.4 is 9.47 Å². The van der Waals surface area contributed by atoms with Crippen LogP contribution in [0.25, 0.3) is 0 Å². The van der Waals surface area contributed by atoms with E-state index in [1.807, 2.05) is 6.29 Å². The molecule has 2 aliphatic rings. The maximum absolute atomic E-state index is 12.7. The second kappa shape index (κ2) is 2.72. The minimum atomic E-state index is -3.61. The zero-order valence-corrected chi connectivity index (χ0v) is 8.13. The monoisotopic (exact) mass is 225 g/mol. The highest BCUT2D eigenvalue weighted by Crippen LogP contribution is 2.50. The van der Waals surface area contributed by atoms with Gasteiger partial charge in [-0.3, -0.25) is 4.79 Å². The van der Waals surface area contributed by atoms with Gasteiger partial charge in [0.25, 0.3) is 0 Å². The molecule has 1 radical (unpaired) electrons. The Morgan fingerprint density at radius 1 is 1.19 bits per heavy atom. The molecule has 0 amide bonds. The molecule has 1 aromatic rings. The summed E-state index contributed by atoms with van der Waals surface area (Å²) in [5.74, 6) is -0.0283. The third-order valence-corrected chi connectivity index (χ3v) is 2.90. The molecule has 3 nitrogen and oxygen atoms in total. The molecule has 0 saturated heterocycles. The summed E-state index contributed by atoms with van der Waals surface area (Å²) in [5.41, 5.74) is 0.0403. The van der Waals surface area contributed by atoms with E-state index in [0.29, 0.717) is 18.4 Å². The lowest BCUT2D eigenvalue weighted by atomic mass is 9.97. The van der Waals surface area contributed by atoms with Gasteiger partial charge in [0.05, 0.1) is 5.41 Å². The van der Waals surface area contributed by atoms with Gasteiger partial charge < -0.3 is 9.47 Å². The van der Waals surface area contributed by atoms with Gasteiger partial charge in [-0.15, -0.1) is 8.78 Å². The van der Waals surface area contributed by atoms with Crippen LogP contribution in [0.15, 0.2) is 18.2 Å². The average Bonchev–Trinajstić information content (AvgIpc) is 2.95. The molecule has 1 saturated carbocycles. The van der Waals surface area contributed by atoms with Crippen LogP contribution >= 0.6 is 0 Å². The third-order valence-electron chi connectivity index (χ3n) is 2.90. The summed E-state index contributed by atoms with van der Waals surface area (Å²) >= 11 is 0. The Bertz CT molecular complexity index is 466. The minimum absolute atomic E-state index is 0.00421. The van der Waals surface area contributed by atoms with Crippen molar-refractivity contribution in [3.05, 3.63) is 23.8 Å². The van der Waals surface area contributed by atoms with Gasteiger partial charge in [-0.25, -0.2) is 0 Å². The predicted molar refractivity (Wildman–Crippen MR) is 49.3 cm³/mol. The van der Waals surface area contributed by atoms with Crippen LogP contribution in [-0.4, -0.2) is 12.6 Å². The first-order valence-electron chi connectivity index (χ1n) is 4.84. The minimum Gasteiger partial charge on any atom is -0.395 e. The SMILES string of the molecule is O=[C]C1(c2ccc3c(c2)OC(F)(F)O3)CC1. The first kappa shape index (κ1) is 9.57. The van der Waals surface area contributed by atoms with Crippen LogP contribution in [0.2, 0.25) is 0 Å². The zero-order valence-electron chi connectivity index (χ0n) is 8.13. The quantitative estimate of drug-likeness (QED) is 0.773. The van der Waals surface area contributed by atoms with E-state index in [1.54, 1.807) is 6.07 Å². The number of hydrogen-bond donors (Lipinski definition) is 0. The van der Waals surface area contributed by atoms with Crippen molar-refractivity contribution in [1.82, 2.24) is 0 Å². The molecule has 1 aliphatic carbocycles. The van der Waals surface area contributed by atoms with E-state index < -0.39 is 11.7 Å². The van der Waals surface area contributed by atoms with Crippen LogP contribution in [-0.2, 0) is 10.2 Å². The fourth-order valence-electron chi connectivity index (χ4n) is 1.82. The van der Waals surface area contributed by atoms with Gasteiger partial charge in [-0.2, -0.15) is 0 Å². The highest BCUT2D eigenvalue weighted by atomic mass is 19.3. The van der Waals surface area contributed by atoms with Gasteiger partial charge in [0.1, 0.15) is 0 Å². The average molecular weight is 225 g/mol. The van der Waals surface area contributed by atoms with E-state index in [9.17, 15) is 13.6 Å². The lowest BCUT2D eigenvalue weighted by Gasteiger charge is -2.06. The third kappa shape index (κ3) is 1.27. The van der Waals surface area contributed by atoms with Crippen molar-refractivity contribution in [3.8, 4) is 11.5 Å². The Kier molecular flexibility index (Phi) is 1.63. The summed E-state index contributed by atoms with van der Waals surface area (Å²) in [6.45, 7) is 0. The van der Waals surface area contributed by atoms with E-state index in [4.69, 9.17) is 0 Å². The first-order valence-corrected chi connectivity index (χ1v) is 4.84. The second-order valence-corrected chi connectivity index (χ2v) is 4.01. The summed E-state index contributed by atoms with van der Waals surface area (Å²) in [5, 5.41) is 0. The van der Waals surface area contributed by atoms with Crippen molar-refractivity contribution in [3.63, 3.8) is 0 Å². The summed E-state index contributed by atoms with van der Waals surface area (Å²) in [6.07, 6.45) is -0.260. The Morgan fingerprint density at radius 3 is 2.50 bits per heavy atom. The fourth-order valence-corrected chi connectivity index (χ4v) is 1.82. The number of carbonyl (C=O) groups excluding carboxylic acids is 1. The molecule has 1 fully saturated rings. The lowest BCUT2D eigenvalue weighted by Crippen LogP contribution is -2.25. The van der Waals surface area contributed by atoms with Gasteiger partial charge in [-0.1, -0.05) is 6.07 Å². The van der Waals surface area contributed by atoms with Crippen molar-refractivity contribution in [2.24, 2.45) is 0 Å². The Morgan fingerprint density at radius 2 is 1.88 bits per heavy atom. The molecule has 0 aromatic heterocycles. The summed E-state index contributed by atoms with van der Waals surface area (Å²) in [4.78, 5) is 10.8. The van der Waals surface area contributed by atoms with Crippen LogP contribution in [0.4, 0.5) is 8.78 Å². The number of hydrogen-bond acceptors (Lipinski definition) is 3. The van der Waals surface area contributed by atoms with Crippen molar-refractivity contribution >= 4 is 6.29 Å². The normalized spacial score (nSPS) is 22.9. The van der Waals surface area contributed by atoms with Crippen molar-refractivity contribution in [2.75, 3.05) is 0 Å². The molecule has 0 N–H and O–H groups in total. The lowest BCUT2D eigenvalue weighted by molar-refractivity contribution is -0.286. The zero-order chi connectivity index (χ0) is 11.4. The van der Waals surface area contributed by atoms with Gasteiger partial charge in [0, 0.05) is 0 Å². The number of fused-ring (bicyclic) bond motifs is 1. The van der Waals surface area contributed by atoms with Crippen molar-refractivity contribution in [2.45, 2.75) is 24.6 Å². The summed E-state index contributed by atoms with van der Waals surface area (Å²) in [7, 11) is 0. The highest BCUT2D eigenvalue weighted by Gasteiger charge is 2.48. The molecule has 0 unspecified atom stereocenters. The smallest absolute Gasteiger partial charge is 0.395 e. The maximum Gasteiger partial charge on any atom is 0.586 e. The molecule has 1 aliphatic heterocycles. The Balaban J connectivity index is 1.99. The highest BCUT2D eigenvalue weighted by molar-refractivity contribution is 5.74.